The van der Waals surface area contributed by atoms with Crippen molar-refractivity contribution in [3.8, 4) is 16.9 Å². The van der Waals surface area contributed by atoms with Gasteiger partial charge in [0.15, 0.2) is 11.2 Å². The Morgan fingerprint density at radius 1 is 1.09 bits per heavy atom. The van der Waals surface area contributed by atoms with Crippen molar-refractivity contribution >= 4 is 16.9 Å². The summed E-state index contributed by atoms with van der Waals surface area (Å²) in [7, 11) is 0. The zero-order valence-electron chi connectivity index (χ0n) is 12.3. The van der Waals surface area contributed by atoms with Crippen molar-refractivity contribution in [2.45, 2.75) is 6.61 Å². The smallest absolute Gasteiger partial charge is 0.542 e. The van der Waals surface area contributed by atoms with Crippen LogP contribution in [0.25, 0.3) is 22.1 Å². The van der Waals surface area contributed by atoms with Crippen LogP contribution in [0.5, 0.6) is 5.75 Å². The SMILES string of the molecule is O=C([O-])c1cc(=O)c2cc3c(cc2o1)OCc1ccccc1-3.[Na+]. The molecule has 0 radical (unpaired) electrons. The molecule has 2 heterocycles. The quantitative estimate of drug-likeness (QED) is 0.523. The minimum atomic E-state index is -1.53. The van der Waals surface area contributed by atoms with E-state index in [1.165, 1.54) is 0 Å². The van der Waals surface area contributed by atoms with E-state index < -0.39 is 17.2 Å². The van der Waals surface area contributed by atoms with Gasteiger partial charge in [0.05, 0.1) is 5.39 Å². The maximum Gasteiger partial charge on any atom is 1.00 e. The maximum absolute atomic E-state index is 12.1. The van der Waals surface area contributed by atoms with Gasteiger partial charge in [0.2, 0.25) is 0 Å². The van der Waals surface area contributed by atoms with Crippen molar-refractivity contribution in [2.24, 2.45) is 0 Å². The summed E-state index contributed by atoms with van der Waals surface area (Å²) in [5.41, 5.74) is 2.57. The van der Waals surface area contributed by atoms with Crippen LogP contribution in [0, 0.1) is 0 Å². The Bertz CT molecular complexity index is 990. The Morgan fingerprint density at radius 3 is 2.65 bits per heavy atom. The predicted octanol–water partition coefficient (Wildman–Crippen LogP) is -1.28. The number of ether oxygens (including phenoxy) is 1. The van der Waals surface area contributed by atoms with Crippen LogP contribution in [0.4, 0.5) is 0 Å². The van der Waals surface area contributed by atoms with E-state index in [0.717, 1.165) is 22.8 Å². The number of hydrogen-bond donors (Lipinski definition) is 0. The molecule has 0 bridgehead atoms. The standard InChI is InChI=1S/C17H10O5.Na/c18-13-6-16(17(19)20)22-15-7-14-11(5-12(13)15)10-4-2-1-3-9(10)8-21-14;/h1-7H,8H2,(H,19,20);/q;+1/p-1. The molecule has 0 N–H and O–H groups in total. The summed E-state index contributed by atoms with van der Waals surface area (Å²) in [4.78, 5) is 23.0. The Morgan fingerprint density at radius 2 is 1.87 bits per heavy atom. The molecule has 6 heteroatoms. The first-order chi connectivity index (χ1) is 10.6. The normalized spacial score (nSPS) is 11.8. The predicted molar refractivity (Wildman–Crippen MR) is 76.6 cm³/mol. The van der Waals surface area contributed by atoms with Crippen LogP contribution in [0.15, 0.2) is 51.7 Å². The van der Waals surface area contributed by atoms with Gasteiger partial charge in [0.1, 0.15) is 23.9 Å². The fourth-order valence-electron chi connectivity index (χ4n) is 2.68. The van der Waals surface area contributed by atoms with Gasteiger partial charge in [-0.1, -0.05) is 24.3 Å². The molecule has 0 amide bonds. The molecular formula is C17H9NaO5. The minimum absolute atomic E-state index is 0. The van der Waals surface area contributed by atoms with Crippen LogP contribution in [-0.2, 0) is 6.61 Å². The van der Waals surface area contributed by atoms with Crippen molar-refractivity contribution in [2.75, 3.05) is 0 Å². The topological polar surface area (TPSA) is 79.6 Å². The van der Waals surface area contributed by atoms with Crippen molar-refractivity contribution in [1.82, 2.24) is 0 Å². The van der Waals surface area contributed by atoms with Crippen LogP contribution < -0.4 is 44.8 Å². The van der Waals surface area contributed by atoms with E-state index in [1.54, 1.807) is 12.1 Å². The van der Waals surface area contributed by atoms with Gasteiger partial charge in [0, 0.05) is 17.7 Å². The van der Waals surface area contributed by atoms with E-state index in [0.29, 0.717) is 17.7 Å². The Kier molecular flexibility index (Phi) is 4.02. The van der Waals surface area contributed by atoms with Gasteiger partial charge >= 0.3 is 29.6 Å². The van der Waals surface area contributed by atoms with E-state index in [4.69, 9.17) is 9.15 Å². The van der Waals surface area contributed by atoms with Crippen molar-refractivity contribution in [1.29, 1.82) is 0 Å². The third-order valence-electron chi connectivity index (χ3n) is 3.72. The summed E-state index contributed by atoms with van der Waals surface area (Å²) in [5.74, 6) is -1.46. The Labute approximate surface area is 152 Å². The number of rotatable bonds is 1. The number of hydrogen-bond acceptors (Lipinski definition) is 5. The number of benzene rings is 2. The second-order valence-corrected chi connectivity index (χ2v) is 5.05. The monoisotopic (exact) mass is 316 g/mol. The molecule has 2 aromatic carbocycles. The fraction of sp³-hybridized carbons (Fsp3) is 0.0588. The molecule has 108 valence electrons. The van der Waals surface area contributed by atoms with Gasteiger partial charge in [0.25, 0.3) is 0 Å². The third kappa shape index (κ3) is 2.57. The molecule has 1 aliphatic rings. The Balaban J connectivity index is 0.00000156. The van der Waals surface area contributed by atoms with Gasteiger partial charge in [-0.05, 0) is 17.2 Å². The molecule has 1 aliphatic heterocycles. The summed E-state index contributed by atoms with van der Waals surface area (Å²) in [6.45, 7) is 0.416. The minimum Gasteiger partial charge on any atom is -0.542 e. The summed E-state index contributed by atoms with van der Waals surface area (Å²) < 4.78 is 10.9. The molecule has 0 aliphatic carbocycles. The molecule has 4 rings (SSSR count). The summed E-state index contributed by atoms with van der Waals surface area (Å²) >= 11 is 0. The first kappa shape index (κ1) is 15.8. The van der Waals surface area contributed by atoms with Crippen LogP contribution in [0.2, 0.25) is 0 Å². The maximum atomic E-state index is 12.1. The average molecular weight is 316 g/mol. The molecule has 0 atom stereocenters. The molecule has 0 saturated carbocycles. The van der Waals surface area contributed by atoms with E-state index in [1.807, 2.05) is 24.3 Å². The van der Waals surface area contributed by atoms with Gasteiger partial charge in [-0.3, -0.25) is 4.79 Å². The van der Waals surface area contributed by atoms with Gasteiger partial charge in [-0.2, -0.15) is 0 Å². The molecule has 23 heavy (non-hydrogen) atoms. The van der Waals surface area contributed by atoms with Gasteiger partial charge < -0.3 is 19.1 Å². The van der Waals surface area contributed by atoms with Gasteiger partial charge in [-0.15, -0.1) is 0 Å². The van der Waals surface area contributed by atoms with E-state index in [9.17, 15) is 14.7 Å². The number of fused-ring (bicyclic) bond motifs is 4. The zero-order chi connectivity index (χ0) is 15.3. The van der Waals surface area contributed by atoms with E-state index >= 15 is 0 Å². The molecule has 0 saturated heterocycles. The number of carbonyl (C=O) groups excluding carboxylic acids is 1. The molecule has 1 aromatic heterocycles. The van der Waals surface area contributed by atoms with Crippen LogP contribution in [0.1, 0.15) is 16.1 Å². The number of carboxylic acids is 1. The molecule has 0 unspecified atom stereocenters. The number of carboxylic acid groups (broad SMARTS) is 1. The van der Waals surface area contributed by atoms with E-state index in [2.05, 4.69) is 0 Å². The molecule has 3 aromatic rings. The average Bonchev–Trinajstić information content (AvgIpc) is 2.53. The summed E-state index contributed by atoms with van der Waals surface area (Å²) in [5, 5.41) is 11.2. The molecule has 0 fully saturated rings. The Hall–Kier alpha value is -2.08. The van der Waals surface area contributed by atoms with Crippen molar-refractivity contribution < 1.29 is 48.6 Å². The second kappa shape index (κ2) is 5.85. The second-order valence-electron chi connectivity index (χ2n) is 5.05. The number of carbonyl (C=O) groups is 1. The molecular weight excluding hydrogens is 307 g/mol. The molecule has 5 nitrogen and oxygen atoms in total. The zero-order valence-corrected chi connectivity index (χ0v) is 14.3. The fourth-order valence-corrected chi connectivity index (χ4v) is 2.68. The van der Waals surface area contributed by atoms with Crippen LogP contribution >= 0.6 is 0 Å². The van der Waals surface area contributed by atoms with Crippen LogP contribution in [-0.4, -0.2) is 5.97 Å². The first-order valence-electron chi connectivity index (χ1n) is 6.68. The summed E-state index contributed by atoms with van der Waals surface area (Å²) in [6, 6.07) is 11.9. The van der Waals surface area contributed by atoms with E-state index in [-0.39, 0.29) is 35.1 Å². The third-order valence-corrected chi connectivity index (χ3v) is 3.72. The largest absolute Gasteiger partial charge is 1.00 e. The van der Waals surface area contributed by atoms with Crippen LogP contribution in [0.3, 0.4) is 0 Å². The first-order valence-corrected chi connectivity index (χ1v) is 6.68. The van der Waals surface area contributed by atoms with Crippen molar-refractivity contribution in [3.05, 3.63) is 64.0 Å². The van der Waals surface area contributed by atoms with Gasteiger partial charge in [-0.25, -0.2) is 0 Å². The summed E-state index contributed by atoms with van der Waals surface area (Å²) in [6.07, 6.45) is 0. The molecule has 0 spiro atoms. The van der Waals surface area contributed by atoms with Crippen molar-refractivity contribution in [3.63, 3.8) is 0 Å². The number of aromatic carboxylic acids is 1.